The van der Waals surface area contributed by atoms with Crippen molar-refractivity contribution in [3.63, 3.8) is 0 Å². The normalized spacial score (nSPS) is 26.9. The molecule has 1 aromatic carbocycles. The summed E-state index contributed by atoms with van der Waals surface area (Å²) in [6, 6.07) is 10.4. The van der Waals surface area contributed by atoms with Gasteiger partial charge in [-0.05, 0) is 11.5 Å². The van der Waals surface area contributed by atoms with Crippen molar-refractivity contribution >= 4 is 0 Å². The topological polar surface area (TPSA) is 21.3 Å². The Morgan fingerprint density at radius 1 is 1.20 bits per heavy atom. The van der Waals surface area contributed by atoms with Gasteiger partial charge in [-0.15, -0.1) is 0 Å². The highest BCUT2D eigenvalue weighted by Crippen LogP contribution is 2.23. The van der Waals surface area contributed by atoms with Gasteiger partial charge in [0.1, 0.15) is 0 Å². The molecule has 82 valence electrons. The minimum atomic E-state index is 0.215. The molecular formula is C13H19NO. The number of hydrogen-bond donors (Lipinski definition) is 1. The lowest BCUT2D eigenvalue weighted by Gasteiger charge is -2.33. The Morgan fingerprint density at radius 2 is 1.93 bits per heavy atom. The van der Waals surface area contributed by atoms with Gasteiger partial charge in [0.05, 0.1) is 12.2 Å². The third-order valence-electron chi connectivity index (χ3n) is 2.93. The van der Waals surface area contributed by atoms with Gasteiger partial charge in [-0.25, -0.2) is 0 Å². The van der Waals surface area contributed by atoms with E-state index in [0.717, 1.165) is 13.1 Å². The average molecular weight is 205 g/mol. The minimum absolute atomic E-state index is 0.215. The average Bonchev–Trinajstić information content (AvgIpc) is 2.30. The second-order valence-corrected chi connectivity index (χ2v) is 4.48. The highest BCUT2D eigenvalue weighted by atomic mass is 16.5. The van der Waals surface area contributed by atoms with Crippen LogP contribution in [-0.4, -0.2) is 19.2 Å². The van der Waals surface area contributed by atoms with Crippen LogP contribution in [0.15, 0.2) is 30.3 Å². The molecule has 0 saturated carbocycles. The molecule has 0 amide bonds. The second-order valence-electron chi connectivity index (χ2n) is 4.48. The zero-order valence-corrected chi connectivity index (χ0v) is 9.44. The van der Waals surface area contributed by atoms with Crippen LogP contribution in [0.2, 0.25) is 0 Å². The van der Waals surface area contributed by atoms with Crippen molar-refractivity contribution in [1.29, 1.82) is 0 Å². The number of ether oxygens (including phenoxy) is 1. The van der Waals surface area contributed by atoms with Crippen molar-refractivity contribution in [3.8, 4) is 0 Å². The predicted molar refractivity (Wildman–Crippen MR) is 61.8 cm³/mol. The Kier molecular flexibility index (Phi) is 3.39. The lowest BCUT2D eigenvalue weighted by Crippen LogP contribution is -2.42. The van der Waals surface area contributed by atoms with Gasteiger partial charge >= 0.3 is 0 Å². The Hall–Kier alpha value is -0.860. The molecule has 1 aliphatic heterocycles. The van der Waals surface area contributed by atoms with Crippen molar-refractivity contribution in [2.24, 2.45) is 5.92 Å². The molecule has 0 aromatic heterocycles. The second kappa shape index (κ2) is 4.77. The van der Waals surface area contributed by atoms with Gasteiger partial charge in [-0.3, -0.25) is 0 Å². The fourth-order valence-electron chi connectivity index (χ4n) is 1.92. The van der Waals surface area contributed by atoms with E-state index in [4.69, 9.17) is 4.74 Å². The van der Waals surface area contributed by atoms with E-state index in [1.165, 1.54) is 5.56 Å². The van der Waals surface area contributed by atoms with Crippen LogP contribution in [0.4, 0.5) is 0 Å². The summed E-state index contributed by atoms with van der Waals surface area (Å²) in [6.07, 6.45) is 0.552. The van der Waals surface area contributed by atoms with Crippen molar-refractivity contribution in [1.82, 2.24) is 5.32 Å². The van der Waals surface area contributed by atoms with E-state index in [1.54, 1.807) is 0 Å². The Morgan fingerprint density at radius 3 is 2.60 bits per heavy atom. The largest absolute Gasteiger partial charge is 0.367 e. The van der Waals surface area contributed by atoms with E-state index in [9.17, 15) is 0 Å². The first kappa shape index (κ1) is 10.7. The zero-order chi connectivity index (χ0) is 10.7. The fraction of sp³-hybridized carbons (Fsp3) is 0.538. The zero-order valence-electron chi connectivity index (χ0n) is 9.44. The van der Waals surface area contributed by atoms with Crippen LogP contribution in [0.1, 0.15) is 25.5 Å². The van der Waals surface area contributed by atoms with Crippen molar-refractivity contribution in [3.05, 3.63) is 35.9 Å². The Bertz CT molecular complexity index is 297. The van der Waals surface area contributed by atoms with Gasteiger partial charge < -0.3 is 10.1 Å². The van der Waals surface area contributed by atoms with Crippen molar-refractivity contribution in [2.75, 3.05) is 13.1 Å². The summed E-state index contributed by atoms with van der Waals surface area (Å²) < 4.78 is 6.07. The maximum absolute atomic E-state index is 6.07. The van der Waals surface area contributed by atoms with E-state index in [0.29, 0.717) is 12.0 Å². The van der Waals surface area contributed by atoms with Gasteiger partial charge in [0.2, 0.25) is 0 Å². The predicted octanol–water partition coefficient (Wildman–Crippen LogP) is 2.37. The molecule has 2 nitrogen and oxygen atoms in total. The van der Waals surface area contributed by atoms with Crippen LogP contribution in [0.3, 0.4) is 0 Å². The van der Waals surface area contributed by atoms with E-state index in [-0.39, 0.29) is 6.10 Å². The maximum atomic E-state index is 6.07. The summed E-state index contributed by atoms with van der Waals surface area (Å²) >= 11 is 0. The highest BCUT2D eigenvalue weighted by molar-refractivity contribution is 5.18. The summed E-state index contributed by atoms with van der Waals surface area (Å²) in [5, 5.41) is 3.44. The van der Waals surface area contributed by atoms with Gasteiger partial charge in [0, 0.05) is 13.1 Å². The van der Waals surface area contributed by atoms with Crippen molar-refractivity contribution in [2.45, 2.75) is 26.1 Å². The van der Waals surface area contributed by atoms with Gasteiger partial charge in [-0.1, -0.05) is 44.2 Å². The van der Waals surface area contributed by atoms with Crippen LogP contribution >= 0.6 is 0 Å². The standard InChI is InChI=1S/C13H19NO/c1-10(2)12-8-14-9-13(15-12)11-6-4-3-5-7-11/h3-7,10,12-14H,8-9H2,1-2H3/t12-,13+/m1/s1. The van der Waals surface area contributed by atoms with Gasteiger partial charge in [0.15, 0.2) is 0 Å². The van der Waals surface area contributed by atoms with Crippen LogP contribution in [0, 0.1) is 5.92 Å². The van der Waals surface area contributed by atoms with Crippen LogP contribution in [0.25, 0.3) is 0 Å². The number of morpholine rings is 1. The Labute approximate surface area is 91.6 Å². The molecule has 1 aromatic rings. The van der Waals surface area contributed by atoms with E-state index >= 15 is 0 Å². The summed E-state index contributed by atoms with van der Waals surface area (Å²) in [7, 11) is 0. The molecule has 2 rings (SSSR count). The monoisotopic (exact) mass is 205 g/mol. The molecule has 0 radical (unpaired) electrons. The number of nitrogens with one attached hydrogen (secondary N) is 1. The van der Waals surface area contributed by atoms with E-state index in [1.807, 2.05) is 6.07 Å². The molecule has 0 spiro atoms. The number of hydrogen-bond acceptors (Lipinski definition) is 2. The summed E-state index contributed by atoms with van der Waals surface area (Å²) in [5.41, 5.74) is 1.27. The van der Waals surface area contributed by atoms with Crippen LogP contribution in [-0.2, 0) is 4.74 Å². The first-order chi connectivity index (χ1) is 7.27. The summed E-state index contributed by atoms with van der Waals surface area (Å²) in [5.74, 6) is 0.573. The molecule has 1 N–H and O–H groups in total. The molecule has 0 unspecified atom stereocenters. The van der Waals surface area contributed by atoms with Crippen LogP contribution < -0.4 is 5.32 Å². The molecule has 2 heteroatoms. The molecule has 2 atom stereocenters. The highest BCUT2D eigenvalue weighted by Gasteiger charge is 2.24. The van der Waals surface area contributed by atoms with E-state index in [2.05, 4.69) is 43.4 Å². The van der Waals surface area contributed by atoms with Gasteiger partial charge in [0.25, 0.3) is 0 Å². The molecule has 1 aliphatic rings. The van der Waals surface area contributed by atoms with Crippen LogP contribution in [0.5, 0.6) is 0 Å². The third kappa shape index (κ3) is 2.58. The summed E-state index contributed by atoms with van der Waals surface area (Å²) in [4.78, 5) is 0. The third-order valence-corrected chi connectivity index (χ3v) is 2.93. The quantitative estimate of drug-likeness (QED) is 0.800. The smallest absolute Gasteiger partial charge is 0.0953 e. The first-order valence-corrected chi connectivity index (χ1v) is 5.68. The summed E-state index contributed by atoms with van der Waals surface area (Å²) in [6.45, 7) is 6.31. The molecule has 15 heavy (non-hydrogen) atoms. The fourth-order valence-corrected chi connectivity index (χ4v) is 1.92. The molecule has 0 bridgehead atoms. The lowest BCUT2D eigenvalue weighted by molar-refractivity contribution is -0.0603. The van der Waals surface area contributed by atoms with Crippen molar-refractivity contribution < 1.29 is 4.74 Å². The first-order valence-electron chi connectivity index (χ1n) is 5.68. The Balaban J connectivity index is 2.05. The van der Waals surface area contributed by atoms with E-state index < -0.39 is 0 Å². The number of rotatable bonds is 2. The minimum Gasteiger partial charge on any atom is -0.367 e. The SMILES string of the molecule is CC(C)[C@H]1CNC[C@@H](c2ccccc2)O1. The molecular weight excluding hydrogens is 186 g/mol. The molecule has 0 aliphatic carbocycles. The van der Waals surface area contributed by atoms with Gasteiger partial charge in [-0.2, -0.15) is 0 Å². The molecule has 1 fully saturated rings. The number of benzene rings is 1. The molecule has 1 heterocycles. The maximum Gasteiger partial charge on any atom is 0.0953 e. The molecule has 1 saturated heterocycles. The lowest BCUT2D eigenvalue weighted by atomic mass is 10.0.